The van der Waals surface area contributed by atoms with E-state index < -0.39 is 5.97 Å². The topological polar surface area (TPSA) is 77.8 Å². The first-order valence-corrected chi connectivity index (χ1v) is 9.45. The highest BCUT2D eigenvalue weighted by molar-refractivity contribution is 5.66. The summed E-state index contributed by atoms with van der Waals surface area (Å²) in [7, 11) is 0. The Balaban J connectivity index is 2.35. The highest BCUT2D eigenvalue weighted by Crippen LogP contribution is 2.36. The summed E-state index contributed by atoms with van der Waals surface area (Å²) in [6.07, 6.45) is 15.9. The number of carbonyl (C=O) groups is 1. The molecule has 0 heterocycles. The second kappa shape index (κ2) is 12.3. The molecule has 0 radical (unpaired) electrons. The number of aliphatic carboxylic acids is 1. The van der Waals surface area contributed by atoms with Crippen molar-refractivity contribution in [2.75, 3.05) is 0 Å². The number of hydrogen-bond acceptors (Lipinski definition) is 3. The van der Waals surface area contributed by atoms with Crippen LogP contribution in [0.25, 0.3) is 0 Å². The number of hydrogen-bond donors (Lipinski definition) is 3. The molecule has 1 fully saturated rings. The zero-order chi connectivity index (χ0) is 17.8. The molecule has 0 unspecified atom stereocenters. The molecule has 1 saturated carbocycles. The SMILES string of the molecule is CCCCC[C@H](O)/C=C/[C@H]1CC[C@H](O)[C@@H]1C/C=C\CCCC(=O)O. The molecule has 24 heavy (non-hydrogen) atoms. The molecule has 4 nitrogen and oxygen atoms in total. The van der Waals surface area contributed by atoms with Crippen molar-refractivity contribution < 1.29 is 20.1 Å². The summed E-state index contributed by atoms with van der Waals surface area (Å²) in [6, 6.07) is 0. The van der Waals surface area contributed by atoms with Crippen LogP contribution in [-0.2, 0) is 4.79 Å². The quantitative estimate of drug-likeness (QED) is 0.370. The van der Waals surface area contributed by atoms with E-state index in [1.807, 2.05) is 12.2 Å². The minimum absolute atomic E-state index is 0.206. The molecule has 4 atom stereocenters. The van der Waals surface area contributed by atoms with Gasteiger partial charge in [0.1, 0.15) is 0 Å². The first kappa shape index (κ1) is 20.9. The molecule has 1 rings (SSSR count). The van der Waals surface area contributed by atoms with E-state index in [1.54, 1.807) is 0 Å². The van der Waals surface area contributed by atoms with Crippen molar-refractivity contribution in [1.82, 2.24) is 0 Å². The molecule has 0 aromatic carbocycles. The summed E-state index contributed by atoms with van der Waals surface area (Å²) in [4.78, 5) is 10.5. The summed E-state index contributed by atoms with van der Waals surface area (Å²) < 4.78 is 0. The van der Waals surface area contributed by atoms with Gasteiger partial charge in [-0.1, -0.05) is 50.5 Å². The fourth-order valence-electron chi connectivity index (χ4n) is 3.36. The number of aliphatic hydroxyl groups excluding tert-OH is 2. The third-order valence-electron chi connectivity index (χ3n) is 4.86. The second-order valence-corrected chi connectivity index (χ2v) is 6.91. The van der Waals surface area contributed by atoms with Crippen molar-refractivity contribution in [3.05, 3.63) is 24.3 Å². The third kappa shape index (κ3) is 8.65. The van der Waals surface area contributed by atoms with Gasteiger partial charge >= 0.3 is 5.97 Å². The molecular weight excluding hydrogens is 304 g/mol. The van der Waals surface area contributed by atoms with Crippen molar-refractivity contribution >= 4 is 5.97 Å². The highest BCUT2D eigenvalue weighted by Gasteiger charge is 2.32. The van der Waals surface area contributed by atoms with Gasteiger partial charge in [0.2, 0.25) is 0 Å². The van der Waals surface area contributed by atoms with Crippen LogP contribution in [0.3, 0.4) is 0 Å². The summed E-state index contributed by atoms with van der Waals surface area (Å²) in [6.45, 7) is 2.15. The maximum absolute atomic E-state index is 10.5. The van der Waals surface area contributed by atoms with Crippen LogP contribution in [0, 0.1) is 11.8 Å². The second-order valence-electron chi connectivity index (χ2n) is 6.91. The minimum Gasteiger partial charge on any atom is -0.481 e. The first-order chi connectivity index (χ1) is 11.5. The van der Waals surface area contributed by atoms with E-state index in [1.165, 1.54) is 0 Å². The van der Waals surface area contributed by atoms with Crippen LogP contribution >= 0.6 is 0 Å². The monoisotopic (exact) mass is 338 g/mol. The van der Waals surface area contributed by atoms with E-state index in [9.17, 15) is 15.0 Å². The Labute approximate surface area is 146 Å². The molecule has 0 amide bonds. The van der Waals surface area contributed by atoms with Gasteiger partial charge in [-0.3, -0.25) is 4.79 Å². The van der Waals surface area contributed by atoms with Crippen LogP contribution in [-0.4, -0.2) is 33.5 Å². The maximum Gasteiger partial charge on any atom is 0.303 e. The van der Waals surface area contributed by atoms with Gasteiger partial charge in [0.05, 0.1) is 12.2 Å². The molecule has 138 valence electrons. The fraction of sp³-hybridized carbons (Fsp3) is 0.750. The molecule has 1 aliphatic rings. The van der Waals surface area contributed by atoms with Gasteiger partial charge in [0, 0.05) is 6.42 Å². The van der Waals surface area contributed by atoms with Crippen LogP contribution in [0.1, 0.15) is 71.1 Å². The van der Waals surface area contributed by atoms with Gasteiger partial charge in [-0.25, -0.2) is 0 Å². The Bertz CT molecular complexity index is 402. The van der Waals surface area contributed by atoms with Gasteiger partial charge in [-0.15, -0.1) is 0 Å². The van der Waals surface area contributed by atoms with Crippen molar-refractivity contribution in [2.24, 2.45) is 11.8 Å². The van der Waals surface area contributed by atoms with E-state index in [0.29, 0.717) is 12.3 Å². The number of unbranched alkanes of at least 4 members (excludes halogenated alkanes) is 3. The van der Waals surface area contributed by atoms with Crippen LogP contribution < -0.4 is 0 Å². The van der Waals surface area contributed by atoms with E-state index in [-0.39, 0.29) is 24.5 Å². The minimum atomic E-state index is -0.752. The summed E-state index contributed by atoms with van der Waals surface area (Å²) in [5.41, 5.74) is 0. The normalized spacial score (nSPS) is 25.7. The Morgan fingerprint density at radius 2 is 2.00 bits per heavy atom. The zero-order valence-electron chi connectivity index (χ0n) is 14.9. The van der Waals surface area contributed by atoms with Crippen molar-refractivity contribution in [2.45, 2.75) is 83.3 Å². The Hall–Kier alpha value is -1.13. The van der Waals surface area contributed by atoms with E-state index in [2.05, 4.69) is 19.1 Å². The van der Waals surface area contributed by atoms with Crippen LogP contribution in [0.15, 0.2) is 24.3 Å². The summed E-state index contributed by atoms with van der Waals surface area (Å²) >= 11 is 0. The zero-order valence-corrected chi connectivity index (χ0v) is 14.9. The van der Waals surface area contributed by atoms with Crippen LogP contribution in [0.2, 0.25) is 0 Å². The lowest BCUT2D eigenvalue weighted by Gasteiger charge is -2.18. The lowest BCUT2D eigenvalue weighted by molar-refractivity contribution is -0.137. The average molecular weight is 338 g/mol. The fourth-order valence-corrected chi connectivity index (χ4v) is 3.36. The predicted octanol–water partition coefficient (Wildman–Crippen LogP) is 4.07. The molecule has 3 N–H and O–H groups in total. The molecule has 0 bridgehead atoms. The molecule has 0 spiro atoms. The van der Waals surface area contributed by atoms with Gasteiger partial charge in [-0.05, 0) is 50.4 Å². The number of carboxylic acid groups (broad SMARTS) is 1. The smallest absolute Gasteiger partial charge is 0.303 e. The Morgan fingerprint density at radius 3 is 2.71 bits per heavy atom. The molecule has 1 aliphatic carbocycles. The molecule has 0 aromatic heterocycles. The molecule has 4 heteroatoms. The predicted molar refractivity (Wildman–Crippen MR) is 96.8 cm³/mol. The molecule has 0 aliphatic heterocycles. The van der Waals surface area contributed by atoms with Crippen molar-refractivity contribution in [1.29, 1.82) is 0 Å². The lowest BCUT2D eigenvalue weighted by atomic mass is 9.90. The Morgan fingerprint density at radius 1 is 1.21 bits per heavy atom. The van der Waals surface area contributed by atoms with Gasteiger partial charge in [0.15, 0.2) is 0 Å². The molecule has 0 saturated heterocycles. The van der Waals surface area contributed by atoms with Crippen LogP contribution in [0.4, 0.5) is 0 Å². The molecular formula is C20H34O4. The first-order valence-electron chi connectivity index (χ1n) is 9.45. The van der Waals surface area contributed by atoms with Gasteiger partial charge < -0.3 is 15.3 Å². The largest absolute Gasteiger partial charge is 0.481 e. The maximum atomic E-state index is 10.5. The van der Waals surface area contributed by atoms with E-state index in [4.69, 9.17) is 5.11 Å². The van der Waals surface area contributed by atoms with Gasteiger partial charge in [0.25, 0.3) is 0 Å². The van der Waals surface area contributed by atoms with E-state index >= 15 is 0 Å². The average Bonchev–Trinajstić information content (AvgIpc) is 2.89. The summed E-state index contributed by atoms with van der Waals surface area (Å²) in [5.74, 6) is -0.221. The van der Waals surface area contributed by atoms with Crippen molar-refractivity contribution in [3.8, 4) is 0 Å². The Kier molecular flexibility index (Phi) is 10.7. The number of rotatable bonds is 12. The van der Waals surface area contributed by atoms with Gasteiger partial charge in [-0.2, -0.15) is 0 Å². The molecule has 0 aromatic rings. The van der Waals surface area contributed by atoms with Crippen LogP contribution in [0.5, 0.6) is 0 Å². The third-order valence-corrected chi connectivity index (χ3v) is 4.86. The standard InChI is InChI=1S/C20H34O4/c1-2-3-6-9-17(21)14-12-16-13-15-19(22)18(16)10-7-4-5-8-11-20(23)24/h4,7,12,14,16-19,21-22H,2-3,5-6,8-11,13,15H2,1H3,(H,23,24)/b7-4-,14-12+/t16-,17-,18+,19-/m0/s1. The number of aliphatic hydroxyl groups is 2. The van der Waals surface area contributed by atoms with Crippen molar-refractivity contribution in [3.63, 3.8) is 0 Å². The number of carboxylic acids is 1. The number of allylic oxidation sites excluding steroid dienone is 3. The summed E-state index contributed by atoms with van der Waals surface area (Å²) in [5, 5.41) is 28.8. The lowest BCUT2D eigenvalue weighted by Crippen LogP contribution is -2.17. The van der Waals surface area contributed by atoms with E-state index in [0.717, 1.165) is 51.4 Å². The highest BCUT2D eigenvalue weighted by atomic mass is 16.4.